The number of benzene rings is 2. The van der Waals surface area contributed by atoms with Gasteiger partial charge in [-0.3, -0.25) is 9.59 Å². The van der Waals surface area contributed by atoms with E-state index in [-0.39, 0.29) is 12.5 Å². The van der Waals surface area contributed by atoms with Crippen molar-refractivity contribution in [1.29, 1.82) is 0 Å². The molecule has 0 aliphatic rings. The quantitative estimate of drug-likeness (QED) is 0.405. The summed E-state index contributed by atoms with van der Waals surface area (Å²) in [7, 11) is 0. The van der Waals surface area contributed by atoms with Crippen molar-refractivity contribution in [3.63, 3.8) is 0 Å². The van der Waals surface area contributed by atoms with Gasteiger partial charge in [0.25, 0.3) is 5.91 Å². The molecule has 0 bridgehead atoms. The fourth-order valence-corrected chi connectivity index (χ4v) is 2.93. The highest BCUT2D eigenvalue weighted by atomic mass is 32.2. The molecule has 28 heavy (non-hydrogen) atoms. The Labute approximate surface area is 168 Å². The van der Waals surface area contributed by atoms with E-state index in [1.807, 2.05) is 62.4 Å². The highest BCUT2D eigenvalue weighted by Crippen LogP contribution is 2.19. The number of carbonyl (C=O) groups excluding carboxylic acids is 3. The molecule has 0 spiro atoms. The van der Waals surface area contributed by atoms with E-state index in [2.05, 4.69) is 10.6 Å². The summed E-state index contributed by atoms with van der Waals surface area (Å²) in [6, 6.07) is 15.2. The Morgan fingerprint density at radius 2 is 1.64 bits per heavy atom. The van der Waals surface area contributed by atoms with Gasteiger partial charge in [0.2, 0.25) is 5.91 Å². The zero-order chi connectivity index (χ0) is 20.4. The Balaban J connectivity index is 1.68. The largest absolute Gasteiger partial charge is 0.452 e. The van der Waals surface area contributed by atoms with E-state index in [1.165, 1.54) is 17.8 Å². The summed E-state index contributed by atoms with van der Waals surface area (Å²) in [5.74, 6) is -1.52. The Bertz CT molecular complexity index is 846. The van der Waals surface area contributed by atoms with Crippen LogP contribution in [0.15, 0.2) is 64.9 Å². The molecular formula is C21H22N2O4S. The minimum Gasteiger partial charge on any atom is -0.452 e. The molecule has 2 aromatic carbocycles. The molecule has 0 saturated heterocycles. The maximum Gasteiger partial charge on any atom is 0.331 e. The molecule has 0 atom stereocenters. The standard InChI is InChI=1S/C21H22N2O4S/c1-15-7-6-8-16(2)21(15)23-18(24)13-22-19(25)14-27-20(26)11-12-28-17-9-4-3-5-10-17/h3-12H,13-14H2,1-2H3,(H,22,25)(H,23,24)/b12-11+. The number of amides is 2. The third-order valence-corrected chi connectivity index (χ3v) is 4.51. The zero-order valence-corrected chi connectivity index (χ0v) is 16.5. The maximum absolute atomic E-state index is 12.0. The van der Waals surface area contributed by atoms with E-state index in [9.17, 15) is 14.4 Å². The van der Waals surface area contributed by atoms with Crippen LogP contribution in [-0.2, 0) is 19.1 Å². The van der Waals surface area contributed by atoms with Crippen LogP contribution in [0.1, 0.15) is 11.1 Å². The second kappa shape index (κ2) is 10.9. The van der Waals surface area contributed by atoms with Crippen LogP contribution in [0.4, 0.5) is 5.69 Å². The number of hydrogen-bond acceptors (Lipinski definition) is 5. The maximum atomic E-state index is 12.0. The van der Waals surface area contributed by atoms with Gasteiger partial charge in [-0.1, -0.05) is 48.2 Å². The van der Waals surface area contributed by atoms with Gasteiger partial charge in [-0.25, -0.2) is 4.79 Å². The van der Waals surface area contributed by atoms with Gasteiger partial charge in [0.15, 0.2) is 6.61 Å². The van der Waals surface area contributed by atoms with Crippen LogP contribution < -0.4 is 10.6 Å². The predicted octanol–water partition coefficient (Wildman–Crippen LogP) is 3.21. The van der Waals surface area contributed by atoms with Crippen LogP contribution in [-0.4, -0.2) is 30.9 Å². The van der Waals surface area contributed by atoms with Crippen molar-refractivity contribution < 1.29 is 19.1 Å². The van der Waals surface area contributed by atoms with Crippen LogP contribution >= 0.6 is 11.8 Å². The average molecular weight is 398 g/mol. The molecule has 0 heterocycles. The first-order valence-corrected chi connectivity index (χ1v) is 9.51. The molecule has 2 aromatic rings. The number of ether oxygens (including phenoxy) is 1. The van der Waals surface area contributed by atoms with Crippen molar-refractivity contribution in [2.24, 2.45) is 0 Å². The van der Waals surface area contributed by atoms with Crippen LogP contribution in [0.2, 0.25) is 0 Å². The second-order valence-electron chi connectivity index (χ2n) is 5.93. The lowest BCUT2D eigenvalue weighted by Crippen LogP contribution is -2.35. The van der Waals surface area contributed by atoms with Gasteiger partial charge in [-0.15, -0.1) is 0 Å². The zero-order valence-electron chi connectivity index (χ0n) is 15.7. The third kappa shape index (κ3) is 7.28. The molecule has 2 N–H and O–H groups in total. The summed E-state index contributed by atoms with van der Waals surface area (Å²) in [6.45, 7) is 3.13. The van der Waals surface area contributed by atoms with Crippen LogP contribution in [0.5, 0.6) is 0 Å². The lowest BCUT2D eigenvalue weighted by atomic mass is 10.1. The van der Waals surface area contributed by atoms with E-state index in [4.69, 9.17) is 4.74 Å². The summed E-state index contributed by atoms with van der Waals surface area (Å²) in [4.78, 5) is 36.3. The van der Waals surface area contributed by atoms with Gasteiger partial charge in [0.1, 0.15) is 0 Å². The van der Waals surface area contributed by atoms with Crippen molar-refractivity contribution >= 4 is 35.2 Å². The summed E-state index contributed by atoms with van der Waals surface area (Å²) < 4.78 is 4.85. The number of esters is 1. The second-order valence-corrected chi connectivity index (χ2v) is 6.91. The number of hydrogen-bond donors (Lipinski definition) is 2. The third-order valence-electron chi connectivity index (χ3n) is 3.69. The van der Waals surface area contributed by atoms with Crippen molar-refractivity contribution in [2.45, 2.75) is 18.7 Å². The number of para-hydroxylation sites is 1. The Kier molecular flexibility index (Phi) is 8.30. The first-order chi connectivity index (χ1) is 13.5. The normalized spacial score (nSPS) is 10.5. The number of carbonyl (C=O) groups is 3. The highest BCUT2D eigenvalue weighted by molar-refractivity contribution is 8.02. The monoisotopic (exact) mass is 398 g/mol. The number of rotatable bonds is 8. The number of aryl methyl sites for hydroxylation is 2. The number of anilines is 1. The summed E-state index contributed by atoms with van der Waals surface area (Å²) in [6.07, 6.45) is 1.25. The summed E-state index contributed by atoms with van der Waals surface area (Å²) in [5, 5.41) is 6.78. The molecule has 0 saturated carbocycles. The minimum atomic E-state index is -0.626. The Morgan fingerprint density at radius 3 is 2.32 bits per heavy atom. The van der Waals surface area contributed by atoms with Crippen molar-refractivity contribution in [3.05, 3.63) is 71.1 Å². The summed E-state index contributed by atoms with van der Waals surface area (Å²) >= 11 is 1.37. The van der Waals surface area contributed by atoms with Gasteiger partial charge in [-0.2, -0.15) is 0 Å². The number of nitrogens with one attached hydrogen (secondary N) is 2. The fourth-order valence-electron chi connectivity index (χ4n) is 2.28. The lowest BCUT2D eigenvalue weighted by Gasteiger charge is -2.11. The van der Waals surface area contributed by atoms with Crippen LogP contribution in [0, 0.1) is 13.8 Å². The van der Waals surface area contributed by atoms with Crippen molar-refractivity contribution in [3.8, 4) is 0 Å². The topological polar surface area (TPSA) is 84.5 Å². The van der Waals surface area contributed by atoms with E-state index in [1.54, 1.807) is 5.41 Å². The smallest absolute Gasteiger partial charge is 0.331 e. The van der Waals surface area contributed by atoms with E-state index >= 15 is 0 Å². The summed E-state index contributed by atoms with van der Waals surface area (Å²) in [5.41, 5.74) is 2.61. The molecular weight excluding hydrogens is 376 g/mol. The molecule has 0 aliphatic heterocycles. The van der Waals surface area contributed by atoms with Gasteiger partial charge < -0.3 is 15.4 Å². The molecule has 0 aliphatic carbocycles. The molecule has 0 unspecified atom stereocenters. The van der Waals surface area contributed by atoms with Gasteiger partial charge >= 0.3 is 5.97 Å². The Hall–Kier alpha value is -3.06. The van der Waals surface area contributed by atoms with Gasteiger partial charge in [0.05, 0.1) is 6.54 Å². The molecule has 0 radical (unpaired) electrons. The van der Waals surface area contributed by atoms with E-state index in [0.717, 1.165) is 21.7 Å². The van der Waals surface area contributed by atoms with E-state index < -0.39 is 18.5 Å². The molecule has 6 nitrogen and oxygen atoms in total. The molecule has 2 rings (SSSR count). The number of thioether (sulfide) groups is 1. The van der Waals surface area contributed by atoms with Crippen LogP contribution in [0.25, 0.3) is 0 Å². The minimum absolute atomic E-state index is 0.205. The fraction of sp³-hybridized carbons (Fsp3) is 0.190. The molecule has 146 valence electrons. The van der Waals surface area contributed by atoms with Crippen molar-refractivity contribution in [2.75, 3.05) is 18.5 Å². The average Bonchev–Trinajstić information content (AvgIpc) is 2.68. The molecule has 0 aromatic heterocycles. The van der Waals surface area contributed by atoms with E-state index in [0.29, 0.717) is 0 Å². The van der Waals surface area contributed by atoms with Crippen molar-refractivity contribution in [1.82, 2.24) is 5.32 Å². The SMILES string of the molecule is Cc1cccc(C)c1NC(=O)CNC(=O)COC(=O)/C=C/Sc1ccccc1. The highest BCUT2D eigenvalue weighted by Gasteiger charge is 2.10. The van der Waals surface area contributed by atoms with Crippen LogP contribution in [0.3, 0.4) is 0 Å². The first-order valence-electron chi connectivity index (χ1n) is 8.63. The molecule has 7 heteroatoms. The van der Waals surface area contributed by atoms with Gasteiger partial charge in [0, 0.05) is 16.7 Å². The Morgan fingerprint density at radius 1 is 0.964 bits per heavy atom. The lowest BCUT2D eigenvalue weighted by molar-refractivity contribution is -0.143. The van der Waals surface area contributed by atoms with Gasteiger partial charge in [-0.05, 0) is 42.5 Å². The molecule has 2 amide bonds. The molecule has 0 fully saturated rings. The first kappa shape index (κ1) is 21.2. The predicted molar refractivity (Wildman–Crippen MR) is 110 cm³/mol.